The lowest BCUT2D eigenvalue weighted by Gasteiger charge is -2.34. The molecule has 5 rings (SSSR count). The number of carbonyl (C=O) groups excluding carboxylic acids is 2. The van der Waals surface area contributed by atoms with Gasteiger partial charge >= 0.3 is 6.03 Å². The van der Waals surface area contributed by atoms with Crippen molar-refractivity contribution in [2.75, 3.05) is 26.2 Å². The van der Waals surface area contributed by atoms with Crippen molar-refractivity contribution in [3.05, 3.63) is 95.8 Å². The molecular weight excluding hydrogens is 442 g/mol. The minimum atomic E-state index is -0.147. The highest BCUT2D eigenvalue weighted by Gasteiger charge is 2.25. The molecule has 35 heavy (non-hydrogen) atoms. The highest BCUT2D eigenvalue weighted by atomic mass is 16.5. The fraction of sp³-hybridized carbons (Fsp3) is 0.222. The number of para-hydroxylation sites is 1. The van der Waals surface area contributed by atoms with Gasteiger partial charge in [0, 0.05) is 55.9 Å². The van der Waals surface area contributed by atoms with Crippen molar-refractivity contribution in [2.45, 2.75) is 13.2 Å². The van der Waals surface area contributed by atoms with E-state index >= 15 is 0 Å². The third-order valence-electron chi connectivity index (χ3n) is 6.09. The first-order valence-electron chi connectivity index (χ1n) is 11.7. The Kier molecular flexibility index (Phi) is 6.61. The molecule has 178 valence electrons. The van der Waals surface area contributed by atoms with Gasteiger partial charge in [-0.2, -0.15) is 0 Å². The molecule has 3 heterocycles. The number of aromatic nitrogens is 2. The summed E-state index contributed by atoms with van der Waals surface area (Å²) in [6.07, 6.45) is 1.68. The molecule has 1 fully saturated rings. The number of urea groups is 1. The molecule has 4 aromatic rings. The Balaban J connectivity index is 1.10. The van der Waals surface area contributed by atoms with Crippen LogP contribution in [0.2, 0.25) is 0 Å². The van der Waals surface area contributed by atoms with Gasteiger partial charge in [-0.05, 0) is 29.3 Å². The Bertz CT molecular complexity index is 1280. The van der Waals surface area contributed by atoms with Crippen LogP contribution in [0.1, 0.15) is 21.6 Å². The van der Waals surface area contributed by atoms with E-state index in [4.69, 9.17) is 4.74 Å². The number of amides is 3. The maximum absolute atomic E-state index is 12.9. The second-order valence-corrected chi connectivity index (χ2v) is 8.48. The van der Waals surface area contributed by atoms with Crippen molar-refractivity contribution >= 4 is 22.8 Å². The SMILES string of the molecule is O=C(NCc1ccnc(OCc2ccccc2)c1)N1CCN(C(=O)c2cc3ccccc3[nH]2)CC1. The van der Waals surface area contributed by atoms with Crippen LogP contribution in [0.25, 0.3) is 10.9 Å². The van der Waals surface area contributed by atoms with Gasteiger partial charge in [-0.15, -0.1) is 0 Å². The molecule has 2 N–H and O–H groups in total. The minimum absolute atomic E-state index is 0.0407. The summed E-state index contributed by atoms with van der Waals surface area (Å²) >= 11 is 0. The summed E-state index contributed by atoms with van der Waals surface area (Å²) < 4.78 is 5.77. The van der Waals surface area contributed by atoms with E-state index in [1.165, 1.54) is 0 Å². The predicted octanol–water partition coefficient (Wildman–Crippen LogP) is 3.81. The van der Waals surface area contributed by atoms with E-state index in [0.717, 1.165) is 22.0 Å². The molecule has 0 spiro atoms. The van der Waals surface area contributed by atoms with Crippen molar-refractivity contribution < 1.29 is 14.3 Å². The van der Waals surface area contributed by atoms with Crippen molar-refractivity contribution in [2.24, 2.45) is 0 Å². The van der Waals surface area contributed by atoms with Crippen molar-refractivity contribution in [3.8, 4) is 5.88 Å². The van der Waals surface area contributed by atoms with Crippen LogP contribution in [0, 0.1) is 0 Å². The summed E-state index contributed by atoms with van der Waals surface area (Å²) in [5.74, 6) is 0.478. The molecule has 0 radical (unpaired) electrons. The van der Waals surface area contributed by atoms with E-state index in [0.29, 0.717) is 50.9 Å². The first-order valence-corrected chi connectivity index (χ1v) is 11.7. The van der Waals surface area contributed by atoms with Crippen molar-refractivity contribution in [3.63, 3.8) is 0 Å². The number of hydrogen-bond acceptors (Lipinski definition) is 4. The first-order chi connectivity index (χ1) is 17.2. The van der Waals surface area contributed by atoms with Gasteiger partial charge in [0.25, 0.3) is 5.91 Å². The quantitative estimate of drug-likeness (QED) is 0.449. The number of H-pyrrole nitrogens is 1. The Morgan fingerprint density at radius 2 is 1.63 bits per heavy atom. The number of pyridine rings is 1. The van der Waals surface area contributed by atoms with E-state index in [-0.39, 0.29) is 11.9 Å². The number of carbonyl (C=O) groups is 2. The van der Waals surface area contributed by atoms with Crippen LogP contribution >= 0.6 is 0 Å². The zero-order valence-corrected chi connectivity index (χ0v) is 19.3. The largest absolute Gasteiger partial charge is 0.473 e. The first kappa shape index (κ1) is 22.5. The lowest BCUT2D eigenvalue weighted by molar-refractivity contribution is 0.0660. The lowest BCUT2D eigenvalue weighted by atomic mass is 10.2. The Morgan fingerprint density at radius 1 is 0.886 bits per heavy atom. The Labute approximate surface area is 203 Å². The Hall–Kier alpha value is -4.33. The number of piperazine rings is 1. The third kappa shape index (κ3) is 5.43. The molecule has 0 atom stereocenters. The molecule has 0 saturated carbocycles. The zero-order valence-electron chi connectivity index (χ0n) is 19.3. The average Bonchev–Trinajstić information content (AvgIpc) is 3.35. The molecule has 2 aromatic carbocycles. The van der Waals surface area contributed by atoms with Gasteiger partial charge in [0.15, 0.2) is 0 Å². The summed E-state index contributed by atoms with van der Waals surface area (Å²) in [5.41, 5.74) is 3.49. The highest BCUT2D eigenvalue weighted by molar-refractivity contribution is 5.98. The molecule has 8 nitrogen and oxygen atoms in total. The number of benzene rings is 2. The maximum atomic E-state index is 12.9. The molecule has 1 aliphatic rings. The fourth-order valence-electron chi connectivity index (χ4n) is 4.13. The normalized spacial score (nSPS) is 13.6. The lowest BCUT2D eigenvalue weighted by Crippen LogP contribution is -2.53. The van der Waals surface area contributed by atoms with Crippen molar-refractivity contribution in [1.29, 1.82) is 0 Å². The molecular formula is C27H27N5O3. The number of fused-ring (bicyclic) bond motifs is 1. The molecule has 8 heteroatoms. The van der Waals surface area contributed by atoms with Crippen LogP contribution in [0.15, 0.2) is 79.0 Å². The smallest absolute Gasteiger partial charge is 0.317 e. The van der Waals surface area contributed by atoms with Crippen LogP contribution in [-0.4, -0.2) is 57.9 Å². The van der Waals surface area contributed by atoms with Crippen LogP contribution in [0.4, 0.5) is 4.79 Å². The second-order valence-electron chi connectivity index (χ2n) is 8.48. The minimum Gasteiger partial charge on any atom is -0.473 e. The number of hydrogen-bond donors (Lipinski definition) is 2. The number of ether oxygens (including phenoxy) is 1. The maximum Gasteiger partial charge on any atom is 0.317 e. The summed E-state index contributed by atoms with van der Waals surface area (Å²) in [4.78, 5) is 36.5. The Morgan fingerprint density at radius 3 is 2.43 bits per heavy atom. The number of aromatic amines is 1. The molecule has 0 aliphatic carbocycles. The van der Waals surface area contributed by atoms with Crippen LogP contribution in [0.3, 0.4) is 0 Å². The van der Waals surface area contributed by atoms with E-state index in [1.54, 1.807) is 16.0 Å². The van der Waals surface area contributed by atoms with E-state index in [2.05, 4.69) is 15.3 Å². The van der Waals surface area contributed by atoms with Gasteiger partial charge in [0.05, 0.1) is 0 Å². The molecule has 1 aliphatic heterocycles. The molecule has 0 bridgehead atoms. The van der Waals surface area contributed by atoms with E-state index < -0.39 is 0 Å². The van der Waals surface area contributed by atoms with Gasteiger partial charge in [-0.25, -0.2) is 9.78 Å². The fourth-order valence-corrected chi connectivity index (χ4v) is 4.13. The monoisotopic (exact) mass is 469 g/mol. The second kappa shape index (κ2) is 10.3. The number of nitrogens with zero attached hydrogens (tertiary/aromatic N) is 3. The standard InChI is InChI=1S/C27H27N5O3/c33-26(24-17-22-8-4-5-9-23(22)30-24)31-12-14-32(15-13-31)27(34)29-18-21-10-11-28-25(16-21)35-19-20-6-2-1-3-7-20/h1-11,16-17,30H,12-15,18-19H2,(H,29,34). The molecule has 2 aromatic heterocycles. The molecule has 0 unspecified atom stereocenters. The van der Waals surface area contributed by atoms with Gasteiger partial charge in [0.1, 0.15) is 12.3 Å². The number of nitrogens with one attached hydrogen (secondary N) is 2. The highest BCUT2D eigenvalue weighted by Crippen LogP contribution is 2.17. The summed E-state index contributed by atoms with van der Waals surface area (Å²) in [6, 6.07) is 23.1. The van der Waals surface area contributed by atoms with Crippen LogP contribution < -0.4 is 10.1 Å². The third-order valence-corrected chi connectivity index (χ3v) is 6.09. The van der Waals surface area contributed by atoms with Gasteiger partial charge in [-0.3, -0.25) is 4.79 Å². The van der Waals surface area contributed by atoms with Gasteiger partial charge in [0.2, 0.25) is 5.88 Å². The van der Waals surface area contributed by atoms with Crippen LogP contribution in [-0.2, 0) is 13.2 Å². The van der Waals surface area contributed by atoms with Crippen LogP contribution in [0.5, 0.6) is 5.88 Å². The average molecular weight is 470 g/mol. The van der Waals surface area contributed by atoms with E-state index in [1.807, 2.05) is 72.8 Å². The summed E-state index contributed by atoms with van der Waals surface area (Å²) in [7, 11) is 0. The summed E-state index contributed by atoms with van der Waals surface area (Å²) in [5, 5.41) is 3.97. The van der Waals surface area contributed by atoms with Gasteiger partial charge < -0.3 is 24.8 Å². The molecule has 3 amide bonds. The van der Waals surface area contributed by atoms with E-state index in [9.17, 15) is 9.59 Å². The topological polar surface area (TPSA) is 90.6 Å². The number of rotatable bonds is 6. The zero-order chi connectivity index (χ0) is 24.0. The summed E-state index contributed by atoms with van der Waals surface area (Å²) in [6.45, 7) is 2.77. The molecule has 1 saturated heterocycles. The van der Waals surface area contributed by atoms with Gasteiger partial charge in [-0.1, -0.05) is 48.5 Å². The van der Waals surface area contributed by atoms with Crippen molar-refractivity contribution in [1.82, 2.24) is 25.1 Å². The predicted molar refractivity (Wildman–Crippen MR) is 133 cm³/mol.